The first-order valence-electron chi connectivity index (χ1n) is 11.6. The quantitative estimate of drug-likeness (QED) is 0.621. The number of alkyl carbamates (subject to hydrolysis) is 1. The van der Waals surface area contributed by atoms with Gasteiger partial charge < -0.3 is 14.8 Å². The van der Waals surface area contributed by atoms with Gasteiger partial charge in [0.05, 0.1) is 40.3 Å². The number of nitrogens with one attached hydrogen (secondary N) is 1. The Bertz CT molecular complexity index is 1340. The topological polar surface area (TPSA) is 109 Å². The van der Waals surface area contributed by atoms with E-state index < -0.39 is 64.4 Å². The lowest BCUT2D eigenvalue weighted by molar-refractivity contribution is -0.138. The summed E-state index contributed by atoms with van der Waals surface area (Å²) >= 11 is 0. The standard InChI is InChI=1S/C26H22F3N3O5/c1-24-11-18(36-23(35)31-13-14-6-4-3-5-7-14)25(2,37-24)20-19(24)21(33)32(22(20)34)16-9-8-15(12-30)17(10-16)26(27,28)29/h3-10,18-20H,11,13H2,1-2H3,(H,31,35)/t18-,19?,20+,24+,25+/m1/s1. The lowest BCUT2D eigenvalue weighted by Gasteiger charge is -2.34. The lowest BCUT2D eigenvalue weighted by atomic mass is 9.67. The van der Waals surface area contributed by atoms with Crippen LogP contribution in [0.1, 0.15) is 37.0 Å². The maximum atomic E-state index is 13.5. The third-order valence-electron chi connectivity index (χ3n) is 7.48. The Morgan fingerprint density at radius 3 is 2.49 bits per heavy atom. The van der Waals surface area contributed by atoms with Crippen LogP contribution in [-0.2, 0) is 31.8 Å². The Hall–Kier alpha value is -3.91. The Morgan fingerprint density at radius 2 is 1.84 bits per heavy atom. The first-order valence-corrected chi connectivity index (χ1v) is 11.6. The van der Waals surface area contributed by atoms with Gasteiger partial charge in [0.2, 0.25) is 11.8 Å². The number of rotatable bonds is 4. The summed E-state index contributed by atoms with van der Waals surface area (Å²) in [6.07, 6.45) is -6.30. The minimum absolute atomic E-state index is 0.136. The largest absolute Gasteiger partial charge is 0.443 e. The highest BCUT2D eigenvalue weighted by atomic mass is 19.4. The lowest BCUT2D eigenvalue weighted by Crippen LogP contribution is -2.51. The van der Waals surface area contributed by atoms with Crippen molar-refractivity contribution in [3.63, 3.8) is 0 Å². The number of amides is 3. The average Bonchev–Trinajstić information content (AvgIpc) is 3.37. The summed E-state index contributed by atoms with van der Waals surface area (Å²) in [5.74, 6) is -3.44. The van der Waals surface area contributed by atoms with Crippen LogP contribution in [0.5, 0.6) is 0 Å². The summed E-state index contributed by atoms with van der Waals surface area (Å²) < 4.78 is 52.3. The van der Waals surface area contributed by atoms with Gasteiger partial charge in [0.15, 0.2) is 0 Å². The van der Waals surface area contributed by atoms with Crippen LogP contribution in [0.3, 0.4) is 0 Å². The third kappa shape index (κ3) is 3.83. The van der Waals surface area contributed by atoms with Crippen LogP contribution in [0.2, 0.25) is 0 Å². The molecule has 3 heterocycles. The molecular weight excluding hydrogens is 491 g/mol. The second-order valence-electron chi connectivity index (χ2n) is 9.84. The zero-order valence-electron chi connectivity index (χ0n) is 19.8. The molecule has 0 aliphatic carbocycles. The molecule has 2 aromatic carbocycles. The Morgan fingerprint density at radius 1 is 1.16 bits per heavy atom. The Kier molecular flexibility index (Phi) is 5.56. The molecule has 11 heteroatoms. The Balaban J connectivity index is 1.39. The highest BCUT2D eigenvalue weighted by molar-refractivity contribution is 6.23. The number of hydrogen-bond donors (Lipinski definition) is 1. The number of anilines is 1. The molecule has 192 valence electrons. The summed E-state index contributed by atoms with van der Waals surface area (Å²) in [5.41, 5.74) is -3.80. The fraction of sp³-hybridized carbons (Fsp3) is 0.385. The average molecular weight is 513 g/mol. The molecule has 0 spiro atoms. The smallest absolute Gasteiger partial charge is 0.417 e. The molecule has 8 nitrogen and oxygen atoms in total. The second kappa shape index (κ2) is 8.31. The van der Waals surface area contributed by atoms with Crippen molar-refractivity contribution in [3.05, 3.63) is 65.2 Å². The van der Waals surface area contributed by atoms with Crippen molar-refractivity contribution in [2.24, 2.45) is 11.8 Å². The van der Waals surface area contributed by atoms with Crippen molar-refractivity contribution >= 4 is 23.6 Å². The SMILES string of the molecule is C[C@]12O[C@@](C)(C[C@H]1OC(=O)NCc1ccccc1)C1C(=O)N(c3ccc(C#N)c(C(F)(F)F)c3)C(=O)[C@H]12. The number of halogens is 3. The summed E-state index contributed by atoms with van der Waals surface area (Å²) in [6.45, 7) is 3.43. The first-order chi connectivity index (χ1) is 17.4. The van der Waals surface area contributed by atoms with E-state index in [0.29, 0.717) is 6.07 Å². The zero-order chi connectivity index (χ0) is 26.8. The van der Waals surface area contributed by atoms with Crippen LogP contribution in [0, 0.1) is 23.2 Å². The number of hydrogen-bond acceptors (Lipinski definition) is 6. The fourth-order valence-corrected chi connectivity index (χ4v) is 5.85. The van der Waals surface area contributed by atoms with Crippen LogP contribution in [0.4, 0.5) is 23.7 Å². The molecule has 2 bridgehead atoms. The van der Waals surface area contributed by atoms with Gasteiger partial charge in [0.1, 0.15) is 11.7 Å². The van der Waals surface area contributed by atoms with Crippen molar-refractivity contribution in [2.75, 3.05) is 4.90 Å². The number of benzene rings is 2. The molecule has 2 aromatic rings. The number of nitriles is 1. The number of imide groups is 1. The van der Waals surface area contributed by atoms with E-state index >= 15 is 0 Å². The third-order valence-corrected chi connectivity index (χ3v) is 7.48. The van der Waals surface area contributed by atoms with Crippen molar-refractivity contribution in [1.29, 1.82) is 5.26 Å². The highest BCUT2D eigenvalue weighted by Gasteiger charge is 2.77. The highest BCUT2D eigenvalue weighted by Crippen LogP contribution is 2.61. The van der Waals surface area contributed by atoms with Crippen LogP contribution in [0.25, 0.3) is 0 Å². The summed E-state index contributed by atoms with van der Waals surface area (Å²) in [4.78, 5) is 40.2. The van der Waals surface area contributed by atoms with Gasteiger partial charge in [-0.3, -0.25) is 9.59 Å². The molecule has 3 aliphatic rings. The monoisotopic (exact) mass is 513 g/mol. The van der Waals surface area contributed by atoms with Gasteiger partial charge in [-0.2, -0.15) is 18.4 Å². The summed E-state index contributed by atoms with van der Waals surface area (Å²) in [6, 6.07) is 13.4. The number of carbonyl (C=O) groups is 3. The van der Waals surface area contributed by atoms with Crippen LogP contribution in [-0.4, -0.2) is 35.2 Å². The zero-order valence-corrected chi connectivity index (χ0v) is 19.8. The predicted octanol–water partition coefficient (Wildman–Crippen LogP) is 3.93. The van der Waals surface area contributed by atoms with E-state index in [1.54, 1.807) is 13.8 Å². The number of ether oxygens (including phenoxy) is 2. The minimum Gasteiger partial charge on any atom is -0.443 e. The van der Waals surface area contributed by atoms with E-state index in [-0.39, 0.29) is 18.7 Å². The molecule has 1 N–H and O–H groups in total. The summed E-state index contributed by atoms with van der Waals surface area (Å²) in [5, 5.41) is 11.7. The molecule has 0 saturated carbocycles. The molecular formula is C26H22F3N3O5. The van der Waals surface area contributed by atoms with E-state index in [1.807, 2.05) is 30.3 Å². The summed E-state index contributed by atoms with van der Waals surface area (Å²) in [7, 11) is 0. The normalized spacial score (nSPS) is 30.3. The van der Waals surface area contributed by atoms with Gasteiger partial charge in [-0.05, 0) is 37.6 Å². The van der Waals surface area contributed by atoms with Crippen molar-refractivity contribution < 1.29 is 37.0 Å². The molecule has 5 rings (SSSR count). The molecule has 5 atom stereocenters. The molecule has 3 saturated heterocycles. The van der Waals surface area contributed by atoms with Gasteiger partial charge in [0.25, 0.3) is 0 Å². The number of carbonyl (C=O) groups excluding carboxylic acids is 3. The molecule has 3 aliphatic heterocycles. The van der Waals surface area contributed by atoms with E-state index in [0.717, 1.165) is 22.6 Å². The second-order valence-corrected chi connectivity index (χ2v) is 9.84. The first kappa shape index (κ1) is 24.8. The molecule has 3 fully saturated rings. The molecule has 0 radical (unpaired) electrons. The fourth-order valence-electron chi connectivity index (χ4n) is 5.85. The Labute approximate surface area is 209 Å². The van der Waals surface area contributed by atoms with Crippen LogP contribution >= 0.6 is 0 Å². The molecule has 0 aromatic heterocycles. The van der Waals surface area contributed by atoms with Gasteiger partial charge in [0, 0.05) is 13.0 Å². The number of fused-ring (bicyclic) bond motifs is 5. The van der Waals surface area contributed by atoms with Gasteiger partial charge in [-0.15, -0.1) is 0 Å². The van der Waals surface area contributed by atoms with E-state index in [2.05, 4.69) is 5.32 Å². The number of alkyl halides is 3. The predicted molar refractivity (Wildman–Crippen MR) is 122 cm³/mol. The minimum atomic E-state index is -4.85. The van der Waals surface area contributed by atoms with Gasteiger partial charge in [-0.1, -0.05) is 30.3 Å². The maximum absolute atomic E-state index is 13.5. The van der Waals surface area contributed by atoms with Gasteiger partial charge >= 0.3 is 12.3 Å². The van der Waals surface area contributed by atoms with Gasteiger partial charge in [-0.25, -0.2) is 9.69 Å². The number of nitrogens with zero attached hydrogens (tertiary/aromatic N) is 2. The van der Waals surface area contributed by atoms with Crippen LogP contribution in [0.15, 0.2) is 48.5 Å². The van der Waals surface area contributed by atoms with E-state index in [9.17, 15) is 27.6 Å². The van der Waals surface area contributed by atoms with Crippen molar-refractivity contribution in [3.8, 4) is 6.07 Å². The molecule has 3 amide bonds. The molecule has 1 unspecified atom stereocenters. The maximum Gasteiger partial charge on any atom is 0.417 e. The van der Waals surface area contributed by atoms with Crippen LogP contribution < -0.4 is 10.2 Å². The van der Waals surface area contributed by atoms with Crippen molar-refractivity contribution in [2.45, 2.75) is 50.3 Å². The van der Waals surface area contributed by atoms with E-state index in [1.165, 1.54) is 6.07 Å². The molecule has 37 heavy (non-hydrogen) atoms. The van der Waals surface area contributed by atoms with Crippen molar-refractivity contribution in [1.82, 2.24) is 5.32 Å². The van der Waals surface area contributed by atoms with E-state index in [4.69, 9.17) is 14.7 Å².